The Balaban J connectivity index is 0.920. The summed E-state index contributed by atoms with van der Waals surface area (Å²) in [6.45, 7) is 16.4. The highest BCUT2D eigenvalue weighted by molar-refractivity contribution is 5.94. The molecule has 2 aromatic carbocycles. The number of carbonyl (C=O) groups is 3. The van der Waals surface area contributed by atoms with Crippen molar-refractivity contribution in [1.29, 1.82) is 0 Å². The molecule has 12 heteroatoms. The van der Waals surface area contributed by atoms with Crippen molar-refractivity contribution >= 4 is 23.8 Å². The molecule has 57 heavy (non-hydrogen) atoms. The van der Waals surface area contributed by atoms with Crippen molar-refractivity contribution in [2.75, 3.05) is 57.3 Å². The highest BCUT2D eigenvalue weighted by Crippen LogP contribution is 2.44. The Labute approximate surface area is 338 Å². The molecular formula is C45H63FN4O7. The van der Waals surface area contributed by atoms with Crippen LogP contribution in [-0.4, -0.2) is 109 Å². The predicted molar refractivity (Wildman–Crippen MR) is 217 cm³/mol. The van der Waals surface area contributed by atoms with E-state index in [4.69, 9.17) is 18.9 Å². The Kier molecular flexibility index (Phi) is 11.9. The molecule has 1 aliphatic carbocycles. The van der Waals surface area contributed by atoms with Crippen LogP contribution in [0.15, 0.2) is 36.4 Å². The number of halogens is 1. The van der Waals surface area contributed by atoms with Gasteiger partial charge in [-0.1, -0.05) is 19.3 Å². The number of likely N-dealkylation sites (tertiary alicyclic amines) is 3. The molecule has 1 atom stereocenters. The normalized spacial score (nSPS) is 22.0. The molecule has 0 bridgehead atoms. The highest BCUT2D eigenvalue weighted by Gasteiger charge is 2.46. The van der Waals surface area contributed by atoms with Crippen molar-refractivity contribution in [3.05, 3.63) is 53.3 Å². The summed E-state index contributed by atoms with van der Waals surface area (Å²) >= 11 is 0. The van der Waals surface area contributed by atoms with Gasteiger partial charge < -0.3 is 38.5 Å². The van der Waals surface area contributed by atoms with Gasteiger partial charge in [-0.05, 0) is 103 Å². The summed E-state index contributed by atoms with van der Waals surface area (Å²) in [6.07, 6.45) is 8.71. The van der Waals surface area contributed by atoms with Crippen LogP contribution in [0, 0.1) is 11.2 Å². The quantitative estimate of drug-likeness (QED) is 0.275. The molecule has 11 nitrogen and oxygen atoms in total. The third kappa shape index (κ3) is 10.3. The van der Waals surface area contributed by atoms with Crippen LogP contribution in [0.5, 0.6) is 11.5 Å². The van der Waals surface area contributed by atoms with Crippen molar-refractivity contribution < 1.29 is 37.7 Å². The van der Waals surface area contributed by atoms with Crippen molar-refractivity contribution in [3.63, 3.8) is 0 Å². The summed E-state index contributed by atoms with van der Waals surface area (Å²) in [5.41, 5.74) is 1.63. The molecule has 4 saturated heterocycles. The second-order valence-corrected chi connectivity index (χ2v) is 19.1. The van der Waals surface area contributed by atoms with E-state index in [0.717, 1.165) is 75.0 Å². The number of nitrogens with zero attached hydrogens (tertiary/aromatic N) is 4. The number of hydrogen-bond acceptors (Lipinski definition) is 8. The SMILES string of the molecule is CC(C)(C)OC(=O)N1CCC2(CC1)CN(c1cc(F)cc(OC3CCN(C(=O)c4ccc(O[C@H]5CCN(C(=O)OC(C)(C)C)C5)c(C5CCCCC5)c4)CC3)c1)C2. The topological polar surface area (TPSA) is 101 Å². The first-order chi connectivity index (χ1) is 27.0. The fourth-order valence-corrected chi connectivity index (χ4v) is 9.12. The maximum absolute atomic E-state index is 14.9. The summed E-state index contributed by atoms with van der Waals surface area (Å²) in [5, 5.41) is 0. The zero-order chi connectivity index (χ0) is 40.5. The van der Waals surface area contributed by atoms with Gasteiger partial charge in [0.15, 0.2) is 0 Å². The molecule has 7 rings (SSSR count). The molecule has 4 heterocycles. The maximum Gasteiger partial charge on any atom is 0.410 e. The minimum Gasteiger partial charge on any atom is -0.490 e. The Hall–Kier alpha value is -4.22. The Morgan fingerprint density at radius 2 is 1.30 bits per heavy atom. The van der Waals surface area contributed by atoms with Crippen LogP contribution in [0.4, 0.5) is 19.7 Å². The van der Waals surface area contributed by atoms with Crippen LogP contribution >= 0.6 is 0 Å². The van der Waals surface area contributed by atoms with Crippen molar-refractivity contribution in [2.45, 2.75) is 135 Å². The van der Waals surface area contributed by atoms with E-state index in [-0.39, 0.29) is 41.5 Å². The molecule has 5 aliphatic rings. The highest BCUT2D eigenvalue weighted by atomic mass is 19.1. The van der Waals surface area contributed by atoms with Gasteiger partial charge >= 0.3 is 12.2 Å². The number of carbonyl (C=O) groups excluding carboxylic acids is 3. The lowest BCUT2D eigenvalue weighted by Crippen LogP contribution is -2.61. The van der Waals surface area contributed by atoms with Gasteiger partial charge in [0.2, 0.25) is 0 Å². The lowest BCUT2D eigenvalue weighted by Gasteiger charge is -2.55. The second kappa shape index (κ2) is 16.6. The van der Waals surface area contributed by atoms with Gasteiger partial charge in [0.05, 0.1) is 6.54 Å². The number of ether oxygens (including phenoxy) is 4. The molecule has 312 valence electrons. The lowest BCUT2D eigenvalue weighted by molar-refractivity contribution is 0.00588. The zero-order valence-corrected chi connectivity index (χ0v) is 34.9. The number of amides is 3. The fraction of sp³-hybridized carbons (Fsp3) is 0.667. The Bertz CT molecular complexity index is 1760. The van der Waals surface area contributed by atoms with Crippen LogP contribution in [0.2, 0.25) is 0 Å². The molecule has 0 aromatic heterocycles. The van der Waals surface area contributed by atoms with E-state index in [0.29, 0.717) is 69.3 Å². The third-order valence-corrected chi connectivity index (χ3v) is 12.2. The average Bonchev–Trinajstić information content (AvgIpc) is 3.62. The number of benzene rings is 2. The summed E-state index contributed by atoms with van der Waals surface area (Å²) in [7, 11) is 0. The van der Waals surface area contributed by atoms with Crippen molar-refractivity contribution in [3.8, 4) is 11.5 Å². The molecule has 2 aromatic rings. The average molecular weight is 791 g/mol. The summed E-state index contributed by atoms with van der Waals surface area (Å²) in [4.78, 5) is 46.8. The van der Waals surface area contributed by atoms with Crippen LogP contribution in [0.25, 0.3) is 0 Å². The first-order valence-corrected chi connectivity index (χ1v) is 21.3. The second-order valence-electron chi connectivity index (χ2n) is 19.1. The molecular weight excluding hydrogens is 728 g/mol. The van der Waals surface area contributed by atoms with Crippen molar-refractivity contribution in [1.82, 2.24) is 14.7 Å². The van der Waals surface area contributed by atoms with Gasteiger partial charge in [0.25, 0.3) is 5.91 Å². The third-order valence-electron chi connectivity index (χ3n) is 12.2. The Morgan fingerprint density at radius 3 is 1.95 bits per heavy atom. The minimum absolute atomic E-state index is 0.00529. The van der Waals surface area contributed by atoms with E-state index in [2.05, 4.69) is 11.0 Å². The predicted octanol–water partition coefficient (Wildman–Crippen LogP) is 8.78. The van der Waals surface area contributed by atoms with E-state index in [1.54, 1.807) is 15.9 Å². The number of rotatable bonds is 7. The lowest BCUT2D eigenvalue weighted by atomic mass is 9.72. The van der Waals surface area contributed by atoms with Gasteiger partial charge in [-0.2, -0.15) is 0 Å². The molecule has 0 N–H and O–H groups in total. The van der Waals surface area contributed by atoms with Gasteiger partial charge in [-0.3, -0.25) is 4.79 Å². The molecule has 1 saturated carbocycles. The molecule has 4 aliphatic heterocycles. The smallest absolute Gasteiger partial charge is 0.410 e. The van der Waals surface area contributed by atoms with Crippen LogP contribution in [-0.2, 0) is 9.47 Å². The maximum atomic E-state index is 14.9. The minimum atomic E-state index is -0.550. The van der Waals surface area contributed by atoms with Gasteiger partial charge in [-0.15, -0.1) is 0 Å². The number of piperidine rings is 2. The van der Waals surface area contributed by atoms with Crippen LogP contribution in [0.1, 0.15) is 128 Å². The van der Waals surface area contributed by atoms with E-state index in [1.165, 1.54) is 12.5 Å². The van der Waals surface area contributed by atoms with Crippen LogP contribution in [0.3, 0.4) is 0 Å². The fourth-order valence-electron chi connectivity index (χ4n) is 9.12. The summed E-state index contributed by atoms with van der Waals surface area (Å²) in [6, 6.07) is 10.8. The van der Waals surface area contributed by atoms with Crippen molar-refractivity contribution in [2.24, 2.45) is 5.41 Å². The monoisotopic (exact) mass is 790 g/mol. The van der Waals surface area contributed by atoms with E-state index in [9.17, 15) is 18.8 Å². The van der Waals surface area contributed by atoms with Gasteiger partial charge in [0.1, 0.15) is 40.7 Å². The summed E-state index contributed by atoms with van der Waals surface area (Å²) in [5.74, 6) is 1.34. The van der Waals surface area contributed by atoms with Gasteiger partial charge in [0, 0.05) is 93.9 Å². The largest absolute Gasteiger partial charge is 0.490 e. The standard InChI is InChI=1S/C45H63FN4O7/c1-43(2,3)56-41(52)48-22-17-45(18-23-48)29-50(30-45)34-25-33(46)26-37(27-34)54-35-14-19-47(20-15-35)40(51)32-12-13-39(38(24-32)31-10-8-7-9-11-31)55-36-16-21-49(28-36)42(53)57-44(4,5)6/h12-13,24-27,31,35-36H,7-11,14-23,28-30H2,1-6H3/t36-/m0/s1. The summed E-state index contributed by atoms with van der Waals surface area (Å²) < 4.78 is 39.0. The molecule has 0 radical (unpaired) electrons. The molecule has 3 amide bonds. The molecule has 1 spiro atoms. The first-order valence-electron chi connectivity index (χ1n) is 21.3. The number of hydrogen-bond donors (Lipinski definition) is 0. The number of anilines is 1. The van der Waals surface area contributed by atoms with E-state index < -0.39 is 11.2 Å². The Morgan fingerprint density at radius 1 is 0.684 bits per heavy atom. The molecule has 0 unspecified atom stereocenters. The zero-order valence-electron chi connectivity index (χ0n) is 34.9. The van der Waals surface area contributed by atoms with E-state index >= 15 is 0 Å². The van der Waals surface area contributed by atoms with E-state index in [1.807, 2.05) is 64.6 Å². The molecule has 5 fully saturated rings. The van der Waals surface area contributed by atoms with Crippen LogP contribution < -0.4 is 14.4 Å². The van der Waals surface area contributed by atoms with Gasteiger partial charge in [-0.25, -0.2) is 14.0 Å². The first kappa shape index (κ1) is 41.0.